The highest BCUT2D eigenvalue weighted by Gasteiger charge is 2.04. The van der Waals surface area contributed by atoms with Gasteiger partial charge in [-0.2, -0.15) is 4.98 Å². The topological polar surface area (TPSA) is 92.9 Å². The van der Waals surface area contributed by atoms with Crippen molar-refractivity contribution in [3.05, 3.63) is 10.7 Å². The number of nitrogens with two attached hydrogens (primary N) is 1. The molecule has 1 aromatic rings. The summed E-state index contributed by atoms with van der Waals surface area (Å²) in [6.45, 7) is 3.56. The molecule has 6 nitrogen and oxygen atoms in total. The van der Waals surface area contributed by atoms with Gasteiger partial charge in [0.15, 0.2) is 0 Å². The molecule has 1 aromatic heterocycles. The number of hydrogen-bond acceptors (Lipinski definition) is 5. The number of rotatable bonds is 8. The number of primary amides is 1. The average molecular weight is 316 g/mol. The molecule has 4 N–H and O–H groups in total. The Morgan fingerprint density at radius 1 is 1.44 bits per heavy atom. The SMILES string of the molecule is CCCNc1ncc(Br)c(NCCCC(N)=O)n1. The number of aromatic nitrogens is 2. The normalized spacial score (nSPS) is 10.1. The highest BCUT2D eigenvalue weighted by molar-refractivity contribution is 9.10. The van der Waals surface area contributed by atoms with Gasteiger partial charge in [0.05, 0.1) is 4.47 Å². The Labute approximate surface area is 115 Å². The van der Waals surface area contributed by atoms with E-state index in [-0.39, 0.29) is 5.91 Å². The van der Waals surface area contributed by atoms with Crippen molar-refractivity contribution in [2.45, 2.75) is 26.2 Å². The van der Waals surface area contributed by atoms with Gasteiger partial charge in [0, 0.05) is 25.7 Å². The fourth-order valence-corrected chi connectivity index (χ4v) is 1.61. The second-order valence-electron chi connectivity index (χ2n) is 3.81. The highest BCUT2D eigenvalue weighted by Crippen LogP contribution is 2.20. The zero-order valence-electron chi connectivity index (χ0n) is 10.4. The minimum Gasteiger partial charge on any atom is -0.370 e. The van der Waals surface area contributed by atoms with Crippen LogP contribution in [0.4, 0.5) is 11.8 Å². The van der Waals surface area contributed by atoms with Crippen molar-refractivity contribution < 1.29 is 4.79 Å². The van der Waals surface area contributed by atoms with Gasteiger partial charge in [-0.3, -0.25) is 4.79 Å². The third kappa shape index (κ3) is 5.31. The molecule has 0 aromatic carbocycles. The molecular weight excluding hydrogens is 298 g/mol. The molecule has 0 fully saturated rings. The number of nitrogens with one attached hydrogen (secondary N) is 2. The molecule has 0 atom stereocenters. The summed E-state index contributed by atoms with van der Waals surface area (Å²) in [5, 5.41) is 6.25. The Hall–Kier alpha value is -1.37. The van der Waals surface area contributed by atoms with Gasteiger partial charge in [0.25, 0.3) is 0 Å². The van der Waals surface area contributed by atoms with Crippen LogP contribution in [-0.4, -0.2) is 29.0 Å². The first-order chi connectivity index (χ1) is 8.63. The number of carbonyl (C=O) groups excluding carboxylic acids is 1. The Morgan fingerprint density at radius 2 is 2.22 bits per heavy atom. The lowest BCUT2D eigenvalue weighted by Crippen LogP contribution is -2.13. The maximum absolute atomic E-state index is 10.6. The Balaban J connectivity index is 2.49. The zero-order chi connectivity index (χ0) is 13.4. The molecule has 0 aliphatic carbocycles. The molecule has 0 saturated heterocycles. The first-order valence-corrected chi connectivity index (χ1v) is 6.71. The van der Waals surface area contributed by atoms with Crippen LogP contribution in [0.15, 0.2) is 10.7 Å². The maximum atomic E-state index is 10.6. The largest absolute Gasteiger partial charge is 0.370 e. The number of nitrogens with zero attached hydrogens (tertiary/aromatic N) is 2. The van der Waals surface area contributed by atoms with Crippen molar-refractivity contribution in [2.75, 3.05) is 23.7 Å². The summed E-state index contributed by atoms with van der Waals surface area (Å²) in [5.74, 6) is 1.02. The summed E-state index contributed by atoms with van der Waals surface area (Å²) in [6, 6.07) is 0. The molecule has 0 saturated carbocycles. The van der Waals surface area contributed by atoms with E-state index in [1.807, 2.05) is 0 Å². The van der Waals surface area contributed by atoms with Gasteiger partial charge < -0.3 is 16.4 Å². The van der Waals surface area contributed by atoms with Crippen LogP contribution in [0.5, 0.6) is 0 Å². The number of halogens is 1. The minimum atomic E-state index is -0.288. The van der Waals surface area contributed by atoms with Crippen molar-refractivity contribution in [2.24, 2.45) is 5.73 Å². The number of anilines is 2. The van der Waals surface area contributed by atoms with Crippen LogP contribution in [-0.2, 0) is 4.79 Å². The molecule has 0 bridgehead atoms. The lowest BCUT2D eigenvalue weighted by Gasteiger charge is -2.09. The van der Waals surface area contributed by atoms with Crippen LogP contribution < -0.4 is 16.4 Å². The summed E-state index contributed by atoms with van der Waals surface area (Å²) in [4.78, 5) is 19.1. The summed E-state index contributed by atoms with van der Waals surface area (Å²) >= 11 is 3.37. The van der Waals surface area contributed by atoms with E-state index in [4.69, 9.17) is 5.73 Å². The average Bonchev–Trinajstić information content (AvgIpc) is 2.34. The van der Waals surface area contributed by atoms with E-state index in [2.05, 4.69) is 43.5 Å². The second kappa shape index (κ2) is 7.86. The van der Waals surface area contributed by atoms with Crippen LogP contribution in [0.3, 0.4) is 0 Å². The lowest BCUT2D eigenvalue weighted by atomic mass is 10.3. The molecular formula is C11H18BrN5O. The van der Waals surface area contributed by atoms with Crippen LogP contribution >= 0.6 is 15.9 Å². The smallest absolute Gasteiger partial charge is 0.224 e. The highest BCUT2D eigenvalue weighted by atomic mass is 79.9. The van der Waals surface area contributed by atoms with Crippen LogP contribution in [0.2, 0.25) is 0 Å². The monoisotopic (exact) mass is 315 g/mol. The van der Waals surface area contributed by atoms with Crippen molar-refractivity contribution in [3.63, 3.8) is 0 Å². The van der Waals surface area contributed by atoms with E-state index in [1.54, 1.807) is 6.20 Å². The third-order valence-electron chi connectivity index (χ3n) is 2.17. The molecule has 0 unspecified atom stereocenters. The van der Waals surface area contributed by atoms with Gasteiger partial charge in [0.2, 0.25) is 11.9 Å². The van der Waals surface area contributed by atoms with E-state index >= 15 is 0 Å². The maximum Gasteiger partial charge on any atom is 0.224 e. The molecule has 18 heavy (non-hydrogen) atoms. The van der Waals surface area contributed by atoms with E-state index in [0.717, 1.165) is 17.4 Å². The standard InChI is InChI=1S/C11H18BrN5O/c1-2-5-15-11-16-7-8(12)10(17-11)14-6-3-4-9(13)18/h7H,2-6H2,1H3,(H2,13,18)(H2,14,15,16,17). The van der Waals surface area contributed by atoms with Gasteiger partial charge in [0.1, 0.15) is 5.82 Å². The quantitative estimate of drug-likeness (QED) is 0.635. The fraction of sp³-hybridized carbons (Fsp3) is 0.545. The minimum absolute atomic E-state index is 0.288. The van der Waals surface area contributed by atoms with E-state index in [9.17, 15) is 4.79 Å². The van der Waals surface area contributed by atoms with Gasteiger partial charge in [-0.1, -0.05) is 6.92 Å². The number of hydrogen-bond donors (Lipinski definition) is 3. The predicted octanol–water partition coefficient (Wildman–Crippen LogP) is 1.74. The van der Waals surface area contributed by atoms with Gasteiger partial charge in [-0.25, -0.2) is 4.98 Å². The summed E-state index contributed by atoms with van der Waals surface area (Å²) in [7, 11) is 0. The molecule has 1 amide bonds. The van der Waals surface area contributed by atoms with E-state index < -0.39 is 0 Å². The first-order valence-electron chi connectivity index (χ1n) is 5.92. The Kier molecular flexibility index (Phi) is 6.42. The predicted molar refractivity (Wildman–Crippen MR) is 75.4 cm³/mol. The molecule has 7 heteroatoms. The molecule has 0 radical (unpaired) electrons. The Morgan fingerprint density at radius 3 is 2.89 bits per heavy atom. The summed E-state index contributed by atoms with van der Waals surface area (Å²) < 4.78 is 0.795. The molecule has 100 valence electrons. The number of carbonyl (C=O) groups is 1. The zero-order valence-corrected chi connectivity index (χ0v) is 12.0. The van der Waals surface area contributed by atoms with Gasteiger partial charge in [-0.15, -0.1) is 0 Å². The molecule has 1 rings (SSSR count). The van der Waals surface area contributed by atoms with Crippen LogP contribution in [0.1, 0.15) is 26.2 Å². The third-order valence-corrected chi connectivity index (χ3v) is 2.75. The molecule has 0 aliphatic rings. The van der Waals surface area contributed by atoms with Crippen molar-refractivity contribution >= 4 is 33.6 Å². The number of amides is 1. The Bertz CT molecular complexity index is 399. The van der Waals surface area contributed by atoms with E-state index in [0.29, 0.717) is 31.2 Å². The molecule has 0 aliphatic heterocycles. The fourth-order valence-electron chi connectivity index (χ4n) is 1.28. The summed E-state index contributed by atoms with van der Waals surface area (Å²) in [5.41, 5.74) is 5.07. The van der Waals surface area contributed by atoms with Gasteiger partial charge >= 0.3 is 0 Å². The van der Waals surface area contributed by atoms with Crippen LogP contribution in [0.25, 0.3) is 0 Å². The second-order valence-corrected chi connectivity index (χ2v) is 4.67. The first kappa shape index (κ1) is 14.7. The molecule has 1 heterocycles. The molecule has 0 spiro atoms. The van der Waals surface area contributed by atoms with Crippen molar-refractivity contribution in [1.82, 2.24) is 9.97 Å². The summed E-state index contributed by atoms with van der Waals surface area (Å²) in [6.07, 6.45) is 3.77. The van der Waals surface area contributed by atoms with Crippen LogP contribution in [0, 0.1) is 0 Å². The lowest BCUT2D eigenvalue weighted by molar-refractivity contribution is -0.118. The van der Waals surface area contributed by atoms with Crippen molar-refractivity contribution in [3.8, 4) is 0 Å². The van der Waals surface area contributed by atoms with Gasteiger partial charge in [-0.05, 0) is 28.8 Å². The van der Waals surface area contributed by atoms with E-state index in [1.165, 1.54) is 0 Å². The van der Waals surface area contributed by atoms with Crippen molar-refractivity contribution in [1.29, 1.82) is 0 Å².